The first-order valence-electron chi connectivity index (χ1n) is 6.07. The highest BCUT2D eigenvalue weighted by atomic mass is 16.2. The second-order valence-electron chi connectivity index (χ2n) is 4.24. The van der Waals surface area contributed by atoms with E-state index in [0.29, 0.717) is 25.4 Å². The van der Waals surface area contributed by atoms with Crippen LogP contribution in [-0.4, -0.2) is 30.4 Å². The van der Waals surface area contributed by atoms with Gasteiger partial charge < -0.3 is 10.6 Å². The van der Waals surface area contributed by atoms with E-state index in [1.165, 1.54) is 0 Å². The first-order valence-corrected chi connectivity index (χ1v) is 6.07. The Morgan fingerprint density at radius 2 is 2.19 bits per heavy atom. The Labute approximate surface area is 99.4 Å². The summed E-state index contributed by atoms with van der Waals surface area (Å²) in [5, 5.41) is 0. The van der Waals surface area contributed by atoms with E-state index < -0.39 is 0 Å². The second kappa shape index (κ2) is 9.23. The van der Waals surface area contributed by atoms with E-state index in [-0.39, 0.29) is 5.91 Å². The van der Waals surface area contributed by atoms with Crippen LogP contribution in [0, 0.1) is 18.3 Å². The van der Waals surface area contributed by atoms with Gasteiger partial charge in [-0.2, -0.15) is 0 Å². The molecule has 0 spiro atoms. The lowest BCUT2D eigenvalue weighted by Crippen LogP contribution is -2.32. The molecule has 1 unspecified atom stereocenters. The van der Waals surface area contributed by atoms with Gasteiger partial charge in [-0.05, 0) is 31.7 Å². The van der Waals surface area contributed by atoms with Crippen LogP contribution in [0.1, 0.15) is 39.5 Å². The van der Waals surface area contributed by atoms with Crippen LogP contribution in [-0.2, 0) is 4.79 Å². The van der Waals surface area contributed by atoms with E-state index in [0.717, 1.165) is 25.8 Å². The van der Waals surface area contributed by atoms with Crippen LogP contribution in [0.5, 0.6) is 0 Å². The highest BCUT2D eigenvalue weighted by molar-refractivity contribution is 5.76. The van der Waals surface area contributed by atoms with Gasteiger partial charge in [0.2, 0.25) is 5.91 Å². The molecule has 3 heteroatoms. The number of terminal acetylenes is 1. The molecule has 0 aliphatic rings. The number of rotatable bonds is 8. The number of hydrogen-bond donors (Lipinski definition) is 1. The lowest BCUT2D eigenvalue weighted by Gasteiger charge is -2.20. The van der Waals surface area contributed by atoms with Crippen molar-refractivity contribution >= 4 is 5.91 Å². The summed E-state index contributed by atoms with van der Waals surface area (Å²) < 4.78 is 0. The smallest absolute Gasteiger partial charge is 0.223 e. The lowest BCUT2D eigenvalue weighted by atomic mass is 10.0. The number of nitrogens with zero attached hydrogens (tertiary/aromatic N) is 1. The average Bonchev–Trinajstić information content (AvgIpc) is 2.26. The van der Waals surface area contributed by atoms with E-state index in [1.54, 1.807) is 4.90 Å². The molecule has 1 amide bonds. The number of carbonyl (C=O) groups is 1. The van der Waals surface area contributed by atoms with Gasteiger partial charge in [0.05, 0.1) is 6.54 Å². The third-order valence-electron chi connectivity index (χ3n) is 2.64. The molecule has 0 fully saturated rings. The fraction of sp³-hybridized carbons (Fsp3) is 0.769. The Morgan fingerprint density at radius 1 is 1.50 bits per heavy atom. The zero-order valence-corrected chi connectivity index (χ0v) is 10.5. The molecule has 2 N–H and O–H groups in total. The molecule has 1 atom stereocenters. The summed E-state index contributed by atoms with van der Waals surface area (Å²) in [6.07, 6.45) is 8.66. The van der Waals surface area contributed by atoms with Gasteiger partial charge >= 0.3 is 0 Å². The number of nitrogens with two attached hydrogens (primary N) is 1. The van der Waals surface area contributed by atoms with Crippen molar-refractivity contribution in [2.24, 2.45) is 11.7 Å². The molecule has 0 saturated heterocycles. The van der Waals surface area contributed by atoms with E-state index in [9.17, 15) is 4.79 Å². The average molecular weight is 224 g/mol. The van der Waals surface area contributed by atoms with Crippen molar-refractivity contribution in [3.05, 3.63) is 0 Å². The molecule has 0 aliphatic carbocycles. The maximum Gasteiger partial charge on any atom is 0.223 e. The zero-order chi connectivity index (χ0) is 12.4. The summed E-state index contributed by atoms with van der Waals surface area (Å²) in [5.41, 5.74) is 5.47. The quantitative estimate of drug-likeness (QED) is 0.637. The van der Waals surface area contributed by atoms with Gasteiger partial charge in [-0.3, -0.25) is 4.79 Å². The van der Waals surface area contributed by atoms with Gasteiger partial charge in [0.25, 0.3) is 0 Å². The maximum absolute atomic E-state index is 11.8. The minimum absolute atomic E-state index is 0.170. The van der Waals surface area contributed by atoms with Crippen molar-refractivity contribution < 1.29 is 4.79 Å². The van der Waals surface area contributed by atoms with Crippen molar-refractivity contribution in [3.8, 4) is 12.3 Å². The monoisotopic (exact) mass is 224 g/mol. The van der Waals surface area contributed by atoms with Crippen LogP contribution in [0.4, 0.5) is 0 Å². The maximum atomic E-state index is 11.8. The molecular weight excluding hydrogens is 200 g/mol. The van der Waals surface area contributed by atoms with Gasteiger partial charge in [-0.1, -0.05) is 19.8 Å². The summed E-state index contributed by atoms with van der Waals surface area (Å²) in [6, 6.07) is 0. The van der Waals surface area contributed by atoms with Gasteiger partial charge in [-0.15, -0.1) is 6.42 Å². The molecule has 0 rings (SSSR count). The first kappa shape index (κ1) is 15.0. The molecule has 0 aliphatic heterocycles. The van der Waals surface area contributed by atoms with Crippen LogP contribution < -0.4 is 5.73 Å². The fourth-order valence-electron chi connectivity index (χ4n) is 1.63. The summed E-state index contributed by atoms with van der Waals surface area (Å²) >= 11 is 0. The molecule has 0 radical (unpaired) electrons. The molecule has 0 bridgehead atoms. The molecule has 0 aromatic rings. The summed E-state index contributed by atoms with van der Waals surface area (Å²) in [6.45, 7) is 6.06. The van der Waals surface area contributed by atoms with Crippen molar-refractivity contribution in [1.82, 2.24) is 4.90 Å². The molecule has 0 aromatic heterocycles. The number of carbonyl (C=O) groups excluding carboxylic acids is 1. The Kier molecular flexibility index (Phi) is 8.65. The predicted octanol–water partition coefficient (Wildman–Crippen LogP) is 1.62. The normalized spacial score (nSPS) is 11.9. The minimum Gasteiger partial charge on any atom is -0.332 e. The SMILES string of the molecule is C#CCN(CCC)C(=O)CCC(C)CCN. The number of hydrogen-bond acceptors (Lipinski definition) is 2. The van der Waals surface area contributed by atoms with Gasteiger partial charge in [0, 0.05) is 13.0 Å². The van der Waals surface area contributed by atoms with Crippen molar-refractivity contribution in [2.45, 2.75) is 39.5 Å². The van der Waals surface area contributed by atoms with Crippen LogP contribution >= 0.6 is 0 Å². The highest BCUT2D eigenvalue weighted by Gasteiger charge is 2.12. The van der Waals surface area contributed by atoms with Crippen LogP contribution in [0.15, 0.2) is 0 Å². The standard InChI is InChI=1S/C13H24N2O/c1-4-10-15(11-5-2)13(16)7-6-12(3)8-9-14/h1,12H,5-11,14H2,2-3H3. The predicted molar refractivity (Wildman–Crippen MR) is 67.8 cm³/mol. The molecule has 0 saturated carbocycles. The largest absolute Gasteiger partial charge is 0.332 e. The first-order chi connectivity index (χ1) is 7.65. The number of amides is 1. The van der Waals surface area contributed by atoms with Gasteiger partial charge in [0.15, 0.2) is 0 Å². The van der Waals surface area contributed by atoms with Crippen molar-refractivity contribution in [3.63, 3.8) is 0 Å². The minimum atomic E-state index is 0.170. The zero-order valence-electron chi connectivity index (χ0n) is 10.5. The molecule has 16 heavy (non-hydrogen) atoms. The lowest BCUT2D eigenvalue weighted by molar-refractivity contribution is -0.130. The highest BCUT2D eigenvalue weighted by Crippen LogP contribution is 2.10. The van der Waals surface area contributed by atoms with Crippen LogP contribution in [0.3, 0.4) is 0 Å². The summed E-state index contributed by atoms with van der Waals surface area (Å²) in [7, 11) is 0. The topological polar surface area (TPSA) is 46.3 Å². The van der Waals surface area contributed by atoms with E-state index in [2.05, 4.69) is 12.8 Å². The summed E-state index contributed by atoms with van der Waals surface area (Å²) in [4.78, 5) is 13.6. The molecule has 0 aromatic carbocycles. The van der Waals surface area contributed by atoms with Gasteiger partial charge in [-0.25, -0.2) is 0 Å². The van der Waals surface area contributed by atoms with Crippen molar-refractivity contribution in [2.75, 3.05) is 19.6 Å². The Hall–Kier alpha value is -1.01. The Bertz CT molecular complexity index is 233. The Morgan fingerprint density at radius 3 is 2.69 bits per heavy atom. The van der Waals surface area contributed by atoms with Crippen LogP contribution in [0.2, 0.25) is 0 Å². The second-order valence-corrected chi connectivity index (χ2v) is 4.24. The van der Waals surface area contributed by atoms with E-state index >= 15 is 0 Å². The third kappa shape index (κ3) is 6.47. The summed E-state index contributed by atoms with van der Waals surface area (Å²) in [5.74, 6) is 3.22. The van der Waals surface area contributed by atoms with Gasteiger partial charge in [0.1, 0.15) is 0 Å². The fourth-order valence-corrected chi connectivity index (χ4v) is 1.63. The third-order valence-corrected chi connectivity index (χ3v) is 2.64. The Balaban J connectivity index is 3.96. The molecule has 3 nitrogen and oxygen atoms in total. The van der Waals surface area contributed by atoms with E-state index in [1.807, 2.05) is 6.92 Å². The molecular formula is C13H24N2O. The van der Waals surface area contributed by atoms with E-state index in [4.69, 9.17) is 12.2 Å². The van der Waals surface area contributed by atoms with Crippen molar-refractivity contribution in [1.29, 1.82) is 0 Å². The molecule has 92 valence electrons. The molecule has 0 heterocycles. The van der Waals surface area contributed by atoms with Crippen LogP contribution in [0.25, 0.3) is 0 Å².